The molecule has 0 unspecified atom stereocenters. The number of carbonyl (C=O) groups excluding carboxylic acids is 1. The van der Waals surface area contributed by atoms with Gasteiger partial charge in [0.25, 0.3) is 0 Å². The Hall–Kier alpha value is -0.990. The fourth-order valence-electron chi connectivity index (χ4n) is 1.03. The van der Waals surface area contributed by atoms with Crippen molar-refractivity contribution in [1.29, 1.82) is 0 Å². The van der Waals surface area contributed by atoms with E-state index in [-0.39, 0.29) is 5.91 Å². The zero-order chi connectivity index (χ0) is 8.27. The normalized spacial score (nSPS) is 17.4. The minimum atomic E-state index is 0.154. The third kappa shape index (κ3) is 2.26. The van der Waals surface area contributed by atoms with Crippen LogP contribution >= 0.6 is 0 Å². The van der Waals surface area contributed by atoms with Crippen LogP contribution in [0.5, 0.6) is 0 Å². The highest BCUT2D eigenvalue weighted by Crippen LogP contribution is 2.01. The predicted octanol–water partition coefficient (Wildman–Crippen LogP) is 0.545. The van der Waals surface area contributed by atoms with Crippen molar-refractivity contribution in [3.63, 3.8) is 0 Å². The minimum absolute atomic E-state index is 0.154. The highest BCUT2D eigenvalue weighted by atomic mass is 16.2. The Bertz CT molecular complexity index is 175. The maximum atomic E-state index is 11.1. The number of rotatable bonds is 2. The van der Waals surface area contributed by atoms with E-state index in [1.807, 2.05) is 6.20 Å². The predicted molar refractivity (Wildman–Crippen MR) is 43.7 cm³/mol. The number of amides is 1. The van der Waals surface area contributed by atoms with Crippen molar-refractivity contribution in [2.75, 3.05) is 13.1 Å². The second kappa shape index (κ2) is 3.42. The molecule has 0 fully saturated rings. The van der Waals surface area contributed by atoms with Crippen molar-refractivity contribution in [3.8, 4) is 0 Å². The van der Waals surface area contributed by atoms with E-state index in [1.54, 1.807) is 11.1 Å². The molecule has 1 N–H and O–H groups in total. The molecular weight excluding hydrogens is 140 g/mol. The summed E-state index contributed by atoms with van der Waals surface area (Å²) in [6, 6.07) is 0. The summed E-state index contributed by atoms with van der Waals surface area (Å²) in [4.78, 5) is 12.9. The minimum Gasteiger partial charge on any atom is -0.381 e. The maximum absolute atomic E-state index is 11.1. The molecule has 0 radical (unpaired) electrons. The van der Waals surface area contributed by atoms with Gasteiger partial charge < -0.3 is 10.2 Å². The molecule has 0 aromatic carbocycles. The average Bonchev–Trinajstić information content (AvgIpc) is 1.93. The van der Waals surface area contributed by atoms with Crippen LogP contribution in [0.1, 0.15) is 13.8 Å². The van der Waals surface area contributed by atoms with Gasteiger partial charge >= 0.3 is 0 Å². The fourth-order valence-corrected chi connectivity index (χ4v) is 1.03. The van der Waals surface area contributed by atoms with E-state index in [2.05, 4.69) is 19.2 Å². The highest BCUT2D eigenvalue weighted by molar-refractivity contribution is 5.80. The van der Waals surface area contributed by atoms with Crippen LogP contribution in [-0.4, -0.2) is 23.9 Å². The second-order valence-corrected chi connectivity index (χ2v) is 3.14. The van der Waals surface area contributed by atoms with Crippen LogP contribution in [0.15, 0.2) is 12.4 Å². The van der Waals surface area contributed by atoms with Crippen LogP contribution in [0, 0.1) is 5.92 Å². The molecule has 0 aromatic rings. The van der Waals surface area contributed by atoms with E-state index in [0.29, 0.717) is 12.5 Å². The summed E-state index contributed by atoms with van der Waals surface area (Å²) in [7, 11) is 0. The van der Waals surface area contributed by atoms with Gasteiger partial charge in [-0.1, -0.05) is 13.8 Å². The van der Waals surface area contributed by atoms with Gasteiger partial charge in [0.2, 0.25) is 5.91 Å². The molecular formula is C8H14N2O. The molecule has 0 saturated carbocycles. The number of hydrogen-bond acceptors (Lipinski definition) is 2. The van der Waals surface area contributed by atoms with Gasteiger partial charge in [-0.3, -0.25) is 4.79 Å². The lowest BCUT2D eigenvalue weighted by molar-refractivity contribution is -0.128. The first-order chi connectivity index (χ1) is 5.20. The number of nitrogens with one attached hydrogen (secondary N) is 1. The summed E-state index contributed by atoms with van der Waals surface area (Å²) in [6.07, 6.45) is 3.61. The summed E-state index contributed by atoms with van der Waals surface area (Å²) < 4.78 is 0. The molecule has 62 valence electrons. The molecule has 3 heteroatoms. The van der Waals surface area contributed by atoms with Gasteiger partial charge in [0.1, 0.15) is 0 Å². The van der Waals surface area contributed by atoms with E-state index in [9.17, 15) is 4.79 Å². The maximum Gasteiger partial charge on any atom is 0.245 e. The summed E-state index contributed by atoms with van der Waals surface area (Å²) in [6.45, 7) is 5.45. The molecule has 11 heavy (non-hydrogen) atoms. The number of carbonyl (C=O) groups is 1. The average molecular weight is 154 g/mol. The first kappa shape index (κ1) is 8.11. The van der Waals surface area contributed by atoms with Gasteiger partial charge in [-0.25, -0.2) is 0 Å². The zero-order valence-electron chi connectivity index (χ0n) is 7.00. The molecule has 0 aromatic heterocycles. The van der Waals surface area contributed by atoms with Crippen LogP contribution < -0.4 is 5.32 Å². The Kier molecular flexibility index (Phi) is 2.52. The van der Waals surface area contributed by atoms with Gasteiger partial charge in [-0.15, -0.1) is 0 Å². The van der Waals surface area contributed by atoms with Gasteiger partial charge in [0, 0.05) is 18.9 Å². The quantitative estimate of drug-likeness (QED) is 0.629. The lowest BCUT2D eigenvalue weighted by Gasteiger charge is -2.23. The first-order valence-electron chi connectivity index (χ1n) is 3.89. The molecule has 1 rings (SSSR count). The highest BCUT2D eigenvalue weighted by Gasteiger charge is 2.13. The molecule has 0 aliphatic carbocycles. The van der Waals surface area contributed by atoms with Crippen molar-refractivity contribution >= 4 is 5.91 Å². The molecule has 0 bridgehead atoms. The van der Waals surface area contributed by atoms with E-state index >= 15 is 0 Å². The van der Waals surface area contributed by atoms with E-state index in [0.717, 1.165) is 6.54 Å². The molecule has 1 heterocycles. The molecule has 0 spiro atoms. The molecule has 0 saturated heterocycles. The van der Waals surface area contributed by atoms with Gasteiger partial charge in [0.05, 0.1) is 6.54 Å². The van der Waals surface area contributed by atoms with Gasteiger partial charge in [0.15, 0.2) is 0 Å². The molecule has 3 nitrogen and oxygen atoms in total. The lowest BCUT2D eigenvalue weighted by atomic mass is 10.2. The number of nitrogens with zero attached hydrogens (tertiary/aromatic N) is 1. The van der Waals surface area contributed by atoms with Crippen molar-refractivity contribution < 1.29 is 4.79 Å². The van der Waals surface area contributed by atoms with Crippen molar-refractivity contribution in [1.82, 2.24) is 10.2 Å². The molecule has 1 amide bonds. The van der Waals surface area contributed by atoms with Gasteiger partial charge in [-0.2, -0.15) is 0 Å². The van der Waals surface area contributed by atoms with Gasteiger partial charge in [-0.05, 0) is 5.92 Å². The summed E-state index contributed by atoms with van der Waals surface area (Å²) in [5.41, 5.74) is 0. The van der Waals surface area contributed by atoms with Crippen LogP contribution in [0.2, 0.25) is 0 Å². The summed E-state index contributed by atoms with van der Waals surface area (Å²) in [5, 5.41) is 2.87. The lowest BCUT2D eigenvalue weighted by Crippen LogP contribution is -2.39. The third-order valence-corrected chi connectivity index (χ3v) is 1.51. The van der Waals surface area contributed by atoms with E-state index in [1.165, 1.54) is 0 Å². The zero-order valence-corrected chi connectivity index (χ0v) is 7.00. The summed E-state index contributed by atoms with van der Waals surface area (Å²) in [5.74, 6) is 0.683. The largest absolute Gasteiger partial charge is 0.381 e. The number of hydrogen-bond donors (Lipinski definition) is 1. The Morgan fingerprint density at radius 2 is 2.45 bits per heavy atom. The Morgan fingerprint density at radius 3 is 3.00 bits per heavy atom. The Labute approximate surface area is 67.1 Å². The second-order valence-electron chi connectivity index (χ2n) is 3.14. The van der Waals surface area contributed by atoms with E-state index < -0.39 is 0 Å². The van der Waals surface area contributed by atoms with Crippen LogP contribution in [0.3, 0.4) is 0 Å². The van der Waals surface area contributed by atoms with Crippen LogP contribution in [-0.2, 0) is 4.79 Å². The SMILES string of the molecule is CC(C)CN1C=CNCC1=O. The molecule has 0 atom stereocenters. The van der Waals surface area contributed by atoms with Crippen molar-refractivity contribution in [2.45, 2.75) is 13.8 Å². The first-order valence-corrected chi connectivity index (χ1v) is 3.89. The van der Waals surface area contributed by atoms with E-state index in [4.69, 9.17) is 0 Å². The molecule has 1 aliphatic heterocycles. The van der Waals surface area contributed by atoms with Crippen molar-refractivity contribution in [3.05, 3.63) is 12.4 Å². The molecule has 1 aliphatic rings. The standard InChI is InChI=1S/C8H14N2O/c1-7(2)6-10-4-3-9-5-8(10)11/h3-4,7,9H,5-6H2,1-2H3. The smallest absolute Gasteiger partial charge is 0.245 e. The third-order valence-electron chi connectivity index (χ3n) is 1.51. The Morgan fingerprint density at radius 1 is 1.73 bits per heavy atom. The van der Waals surface area contributed by atoms with Crippen LogP contribution in [0.4, 0.5) is 0 Å². The van der Waals surface area contributed by atoms with Crippen molar-refractivity contribution in [2.24, 2.45) is 5.92 Å². The topological polar surface area (TPSA) is 32.3 Å². The Balaban J connectivity index is 2.48. The monoisotopic (exact) mass is 154 g/mol. The summed E-state index contributed by atoms with van der Waals surface area (Å²) >= 11 is 0. The van der Waals surface area contributed by atoms with Crippen LogP contribution in [0.25, 0.3) is 0 Å². The fraction of sp³-hybridized carbons (Fsp3) is 0.625.